The third-order valence-corrected chi connectivity index (χ3v) is 3.89. The number of rotatable bonds is 6. The number of anilines is 1. The summed E-state index contributed by atoms with van der Waals surface area (Å²) in [6.45, 7) is -0.731. The smallest absolute Gasteiger partial charge is 0.359 e. The molecule has 21 heavy (non-hydrogen) atoms. The van der Waals surface area contributed by atoms with Crippen LogP contribution in [-0.2, 0) is 6.54 Å². The molecule has 0 saturated heterocycles. The molecule has 2 aliphatic rings. The summed E-state index contributed by atoms with van der Waals surface area (Å²) in [5.74, 6) is -0.437. The van der Waals surface area contributed by atoms with Gasteiger partial charge in [0.15, 0.2) is 0 Å². The van der Waals surface area contributed by atoms with Crippen molar-refractivity contribution in [3.63, 3.8) is 0 Å². The van der Waals surface area contributed by atoms with Crippen LogP contribution in [0.15, 0.2) is 18.2 Å². The minimum atomic E-state index is -4.28. The van der Waals surface area contributed by atoms with Gasteiger partial charge in [-0.3, -0.25) is 0 Å². The quantitative estimate of drug-likeness (QED) is 0.808. The highest BCUT2D eigenvalue weighted by Gasteiger charge is 2.39. The molecule has 3 rings (SSSR count). The summed E-state index contributed by atoms with van der Waals surface area (Å²) in [5.41, 5.74) is 0.725. The van der Waals surface area contributed by atoms with E-state index in [0.717, 1.165) is 25.7 Å². The summed E-state index contributed by atoms with van der Waals surface area (Å²) in [5, 5.41) is 3.18. The lowest BCUT2D eigenvalue weighted by Crippen LogP contribution is -2.37. The van der Waals surface area contributed by atoms with Gasteiger partial charge in [0.1, 0.15) is 12.4 Å². The van der Waals surface area contributed by atoms with E-state index in [-0.39, 0.29) is 12.6 Å². The molecule has 0 atom stereocenters. The molecule has 6 heteroatoms. The number of benzene rings is 1. The predicted molar refractivity (Wildman–Crippen MR) is 72.7 cm³/mol. The largest absolute Gasteiger partial charge is 0.405 e. The Morgan fingerprint density at radius 3 is 2.43 bits per heavy atom. The van der Waals surface area contributed by atoms with Crippen LogP contribution in [0.3, 0.4) is 0 Å². The number of hydrogen-bond donors (Lipinski definition) is 1. The maximum Gasteiger partial charge on any atom is 0.405 e. The van der Waals surface area contributed by atoms with Crippen molar-refractivity contribution in [1.29, 1.82) is 0 Å². The SMILES string of the molecule is Fc1cccc(N(CC(F)(F)F)C2CC2)c1CNC1CC1. The van der Waals surface area contributed by atoms with Crippen molar-refractivity contribution < 1.29 is 17.6 Å². The second kappa shape index (κ2) is 5.48. The maximum atomic E-state index is 14.1. The van der Waals surface area contributed by atoms with Crippen LogP contribution in [0.25, 0.3) is 0 Å². The molecule has 116 valence electrons. The fourth-order valence-electron chi connectivity index (χ4n) is 2.52. The number of nitrogens with one attached hydrogen (secondary N) is 1. The van der Waals surface area contributed by atoms with Gasteiger partial charge in [-0.05, 0) is 37.8 Å². The van der Waals surface area contributed by atoms with Gasteiger partial charge in [0.25, 0.3) is 0 Å². The molecular formula is C15H18F4N2. The zero-order chi connectivity index (χ0) is 15.0. The summed E-state index contributed by atoms with van der Waals surface area (Å²) in [7, 11) is 0. The summed E-state index contributed by atoms with van der Waals surface area (Å²) < 4.78 is 52.4. The molecule has 0 aliphatic heterocycles. The molecule has 1 N–H and O–H groups in total. The first kappa shape index (κ1) is 14.6. The van der Waals surface area contributed by atoms with E-state index in [2.05, 4.69) is 5.32 Å². The van der Waals surface area contributed by atoms with Crippen molar-refractivity contribution in [3.8, 4) is 0 Å². The monoisotopic (exact) mass is 302 g/mol. The van der Waals surface area contributed by atoms with Gasteiger partial charge < -0.3 is 10.2 Å². The third-order valence-electron chi connectivity index (χ3n) is 3.89. The van der Waals surface area contributed by atoms with Gasteiger partial charge in [-0.15, -0.1) is 0 Å². The van der Waals surface area contributed by atoms with Gasteiger partial charge in [0, 0.05) is 29.9 Å². The van der Waals surface area contributed by atoms with Crippen LogP contribution in [0.5, 0.6) is 0 Å². The lowest BCUT2D eigenvalue weighted by atomic mass is 10.1. The molecule has 0 aromatic heterocycles. The molecule has 2 fully saturated rings. The summed E-state index contributed by atoms with van der Waals surface area (Å²) >= 11 is 0. The molecule has 0 heterocycles. The normalized spacial score (nSPS) is 18.9. The summed E-state index contributed by atoms with van der Waals surface area (Å²) in [6.07, 6.45) is -0.697. The molecule has 0 bridgehead atoms. The third kappa shape index (κ3) is 3.87. The summed E-state index contributed by atoms with van der Waals surface area (Å²) in [4.78, 5) is 1.31. The highest BCUT2D eigenvalue weighted by Crippen LogP contribution is 2.37. The maximum absolute atomic E-state index is 14.1. The van der Waals surface area contributed by atoms with Gasteiger partial charge in [0.2, 0.25) is 0 Å². The Hall–Kier alpha value is -1.30. The van der Waals surface area contributed by atoms with Crippen molar-refractivity contribution >= 4 is 5.69 Å². The first-order valence-electron chi connectivity index (χ1n) is 7.28. The predicted octanol–water partition coefficient (Wildman–Crippen LogP) is 3.61. The van der Waals surface area contributed by atoms with E-state index in [4.69, 9.17) is 0 Å². The Balaban J connectivity index is 1.84. The zero-order valence-corrected chi connectivity index (χ0v) is 11.6. The number of alkyl halides is 3. The van der Waals surface area contributed by atoms with Crippen LogP contribution in [-0.4, -0.2) is 24.8 Å². The molecule has 0 amide bonds. The van der Waals surface area contributed by atoms with Crippen molar-refractivity contribution in [3.05, 3.63) is 29.6 Å². The fraction of sp³-hybridized carbons (Fsp3) is 0.600. The molecule has 1 aromatic carbocycles. The van der Waals surface area contributed by atoms with E-state index < -0.39 is 18.5 Å². The van der Waals surface area contributed by atoms with Crippen LogP contribution in [0, 0.1) is 5.82 Å². The number of nitrogens with zero attached hydrogens (tertiary/aromatic N) is 1. The average Bonchev–Trinajstić information content (AvgIpc) is 3.25. The molecule has 0 unspecified atom stereocenters. The Morgan fingerprint density at radius 2 is 1.86 bits per heavy atom. The molecule has 2 saturated carbocycles. The second-order valence-corrected chi connectivity index (χ2v) is 5.87. The first-order valence-corrected chi connectivity index (χ1v) is 7.28. The van der Waals surface area contributed by atoms with Gasteiger partial charge >= 0.3 is 6.18 Å². The Labute approximate surface area is 121 Å². The van der Waals surface area contributed by atoms with E-state index in [1.807, 2.05) is 0 Å². The standard InChI is InChI=1S/C15H18F4N2/c16-13-2-1-3-14(12(13)8-20-10-4-5-10)21(11-6-7-11)9-15(17,18)19/h1-3,10-11,20H,4-9H2. The van der Waals surface area contributed by atoms with Crippen LogP contribution in [0.2, 0.25) is 0 Å². The average molecular weight is 302 g/mol. The fourth-order valence-corrected chi connectivity index (χ4v) is 2.52. The van der Waals surface area contributed by atoms with Gasteiger partial charge in [-0.1, -0.05) is 6.07 Å². The number of halogens is 4. The van der Waals surface area contributed by atoms with E-state index in [0.29, 0.717) is 17.3 Å². The zero-order valence-electron chi connectivity index (χ0n) is 11.6. The first-order chi connectivity index (χ1) is 9.94. The topological polar surface area (TPSA) is 15.3 Å². The van der Waals surface area contributed by atoms with E-state index in [1.165, 1.54) is 17.0 Å². The van der Waals surface area contributed by atoms with Crippen LogP contribution < -0.4 is 10.2 Å². The van der Waals surface area contributed by atoms with Crippen LogP contribution >= 0.6 is 0 Å². The highest BCUT2D eigenvalue weighted by atomic mass is 19.4. The van der Waals surface area contributed by atoms with Crippen molar-refractivity contribution in [1.82, 2.24) is 5.32 Å². The van der Waals surface area contributed by atoms with E-state index in [9.17, 15) is 17.6 Å². The molecular weight excluding hydrogens is 284 g/mol. The van der Waals surface area contributed by atoms with Crippen LogP contribution in [0.1, 0.15) is 31.2 Å². The van der Waals surface area contributed by atoms with Gasteiger partial charge in [-0.2, -0.15) is 13.2 Å². The van der Waals surface area contributed by atoms with Crippen molar-refractivity contribution in [2.75, 3.05) is 11.4 Å². The van der Waals surface area contributed by atoms with Crippen LogP contribution in [0.4, 0.5) is 23.2 Å². The van der Waals surface area contributed by atoms with Crippen molar-refractivity contribution in [2.24, 2.45) is 0 Å². The van der Waals surface area contributed by atoms with Crippen molar-refractivity contribution in [2.45, 2.75) is 50.5 Å². The molecule has 0 radical (unpaired) electrons. The minimum absolute atomic E-state index is 0.118. The lowest BCUT2D eigenvalue weighted by molar-refractivity contribution is -0.120. The van der Waals surface area contributed by atoms with E-state index in [1.54, 1.807) is 6.07 Å². The Morgan fingerprint density at radius 1 is 1.14 bits per heavy atom. The lowest BCUT2D eigenvalue weighted by Gasteiger charge is -2.28. The van der Waals surface area contributed by atoms with Gasteiger partial charge in [0.05, 0.1) is 0 Å². The Kier molecular flexibility index (Phi) is 3.82. The molecule has 1 aromatic rings. The van der Waals surface area contributed by atoms with Gasteiger partial charge in [-0.25, -0.2) is 4.39 Å². The Bertz CT molecular complexity index is 507. The second-order valence-electron chi connectivity index (χ2n) is 5.87. The molecule has 2 aliphatic carbocycles. The number of hydrogen-bond acceptors (Lipinski definition) is 2. The highest BCUT2D eigenvalue weighted by molar-refractivity contribution is 5.56. The summed E-state index contributed by atoms with van der Waals surface area (Å²) in [6, 6.07) is 4.66. The molecule has 0 spiro atoms. The van der Waals surface area contributed by atoms with E-state index >= 15 is 0 Å². The minimum Gasteiger partial charge on any atom is -0.359 e. The molecule has 2 nitrogen and oxygen atoms in total.